The Labute approximate surface area is 523 Å². The summed E-state index contributed by atoms with van der Waals surface area (Å²) in [6.45, 7) is 25.2. The quantitative estimate of drug-likeness (QED) is 0.0383. The molecule has 1 aliphatic carbocycles. The number of ether oxygens (including phenoxy) is 6. The number of fused-ring (bicyclic) bond motifs is 8. The van der Waals surface area contributed by atoms with Crippen molar-refractivity contribution in [3.8, 4) is 23.0 Å². The molecule has 0 fully saturated rings. The van der Waals surface area contributed by atoms with E-state index in [9.17, 15) is 19.2 Å². The average molecular weight is 1200 g/mol. The number of anilines is 4. The smallest absolute Gasteiger partial charge is 0.412 e. The Hall–Kier alpha value is -8.00. The van der Waals surface area contributed by atoms with Crippen molar-refractivity contribution in [2.24, 2.45) is 0 Å². The molecule has 0 spiro atoms. The molecule has 0 saturated carbocycles. The average Bonchev–Trinajstić information content (AvgIpc) is 2.21. The van der Waals surface area contributed by atoms with Gasteiger partial charge in [0, 0.05) is 104 Å². The van der Waals surface area contributed by atoms with Crippen LogP contribution in [0, 0.1) is 13.8 Å². The van der Waals surface area contributed by atoms with Crippen molar-refractivity contribution in [1.29, 1.82) is 0 Å². The molecule has 0 saturated heterocycles. The van der Waals surface area contributed by atoms with E-state index >= 15 is 0 Å². The molecular formula is C74H96N4O10. The SMILES string of the molecule is CCCCCOc1c2cc(NC(=O)OC(C)(C)C)cc1Cc1cc(NC(=O)c3ccc(C)cc3)cc(c1OCCCCC)Cc1cc(NC(=O)c3ccc(C)cc3)cc(c1OCCCCC)Cc1cc(NC(=O)OC(C)(C)C)cc(c1OCCCCC)C2. The number of carbonyl (C=O) groups is 4. The minimum Gasteiger partial charge on any atom is -0.493 e. The summed E-state index contributed by atoms with van der Waals surface area (Å²) in [6, 6.07) is 30.6. The van der Waals surface area contributed by atoms with Crippen molar-refractivity contribution in [1.82, 2.24) is 0 Å². The fourth-order valence-electron chi connectivity index (χ4n) is 10.7. The number of benzene rings is 6. The number of hydrogen-bond acceptors (Lipinski definition) is 10. The first-order valence-electron chi connectivity index (χ1n) is 32.0. The highest BCUT2D eigenvalue weighted by atomic mass is 16.6. The van der Waals surface area contributed by atoms with Crippen molar-refractivity contribution in [2.75, 3.05) is 47.7 Å². The normalized spacial score (nSPS) is 12.1. The lowest BCUT2D eigenvalue weighted by Gasteiger charge is -2.25. The number of rotatable bonds is 26. The van der Waals surface area contributed by atoms with E-state index in [2.05, 4.69) is 49.0 Å². The first-order chi connectivity index (χ1) is 42.1. The van der Waals surface area contributed by atoms with Gasteiger partial charge in [0.05, 0.1) is 26.4 Å². The zero-order valence-corrected chi connectivity index (χ0v) is 54.5. The summed E-state index contributed by atoms with van der Waals surface area (Å²) < 4.78 is 40.1. The lowest BCUT2D eigenvalue weighted by Crippen LogP contribution is -2.27. The highest BCUT2D eigenvalue weighted by Gasteiger charge is 2.28. The summed E-state index contributed by atoms with van der Waals surface area (Å²) >= 11 is 0. The zero-order valence-electron chi connectivity index (χ0n) is 54.5. The third-order valence-corrected chi connectivity index (χ3v) is 14.9. The molecule has 4 amide bonds. The second-order valence-corrected chi connectivity index (χ2v) is 25.3. The van der Waals surface area contributed by atoms with Crippen molar-refractivity contribution in [3.63, 3.8) is 0 Å². The summed E-state index contributed by atoms with van der Waals surface area (Å²) in [6.07, 6.45) is 10.6. The molecule has 0 heterocycles. The third kappa shape index (κ3) is 20.6. The molecule has 0 atom stereocenters. The highest BCUT2D eigenvalue weighted by molar-refractivity contribution is 6.05. The van der Waals surface area contributed by atoms with E-state index in [1.54, 1.807) is 0 Å². The van der Waals surface area contributed by atoms with Gasteiger partial charge in [0.1, 0.15) is 34.2 Å². The lowest BCUT2D eigenvalue weighted by atomic mass is 9.90. The van der Waals surface area contributed by atoms with E-state index in [0.717, 1.165) is 133 Å². The Kier molecular flexibility index (Phi) is 24.8. The molecule has 14 nitrogen and oxygen atoms in total. The lowest BCUT2D eigenvalue weighted by molar-refractivity contribution is 0.0624. The maximum atomic E-state index is 14.4. The maximum Gasteiger partial charge on any atom is 0.412 e. The molecule has 472 valence electrons. The second kappa shape index (κ2) is 32.3. The number of nitrogens with one attached hydrogen (secondary N) is 4. The minimum atomic E-state index is -0.791. The molecule has 0 radical (unpaired) electrons. The van der Waals surface area contributed by atoms with Gasteiger partial charge in [-0.05, 0) is 154 Å². The number of carbonyl (C=O) groups excluding carboxylic acids is 4. The van der Waals surface area contributed by atoms with E-state index in [1.807, 2.05) is 152 Å². The summed E-state index contributed by atoms with van der Waals surface area (Å²) in [5.74, 6) is 1.96. The van der Waals surface area contributed by atoms with Crippen LogP contribution in [0.15, 0.2) is 97.1 Å². The van der Waals surface area contributed by atoms with E-state index < -0.39 is 23.4 Å². The summed E-state index contributed by atoms with van der Waals surface area (Å²) in [5.41, 5.74) is 9.57. The molecular weight excluding hydrogens is 1100 g/mol. The Bertz CT molecular complexity index is 3100. The van der Waals surface area contributed by atoms with Crippen LogP contribution in [-0.4, -0.2) is 61.6 Å². The van der Waals surface area contributed by atoms with Gasteiger partial charge in [-0.3, -0.25) is 20.2 Å². The molecule has 0 aliphatic heterocycles. The van der Waals surface area contributed by atoms with Gasteiger partial charge in [-0.25, -0.2) is 9.59 Å². The van der Waals surface area contributed by atoms with Gasteiger partial charge in [-0.1, -0.05) is 114 Å². The first-order valence-corrected chi connectivity index (χ1v) is 32.0. The van der Waals surface area contributed by atoms with Crippen LogP contribution in [0.25, 0.3) is 0 Å². The fourth-order valence-corrected chi connectivity index (χ4v) is 10.7. The van der Waals surface area contributed by atoms with Gasteiger partial charge in [-0.15, -0.1) is 0 Å². The summed E-state index contributed by atoms with van der Waals surface area (Å²) in [5, 5.41) is 12.7. The predicted molar refractivity (Wildman–Crippen MR) is 355 cm³/mol. The van der Waals surface area contributed by atoms with E-state index in [4.69, 9.17) is 28.4 Å². The maximum absolute atomic E-state index is 14.4. The fraction of sp³-hybridized carbons (Fsp3) is 0.459. The Morgan fingerprint density at radius 1 is 0.352 bits per heavy atom. The van der Waals surface area contributed by atoms with E-state index in [0.29, 0.717) is 83.3 Å². The summed E-state index contributed by atoms with van der Waals surface area (Å²) in [7, 11) is 0. The number of amides is 4. The Morgan fingerprint density at radius 3 is 0.795 bits per heavy atom. The highest BCUT2D eigenvalue weighted by Crippen LogP contribution is 2.43. The second-order valence-electron chi connectivity index (χ2n) is 25.3. The molecule has 4 N–H and O–H groups in total. The van der Waals surface area contributed by atoms with Crippen molar-refractivity contribution >= 4 is 46.8 Å². The van der Waals surface area contributed by atoms with Gasteiger partial charge in [0.25, 0.3) is 11.8 Å². The van der Waals surface area contributed by atoms with Gasteiger partial charge >= 0.3 is 12.2 Å². The third-order valence-electron chi connectivity index (χ3n) is 14.9. The van der Waals surface area contributed by atoms with Gasteiger partial charge < -0.3 is 39.1 Å². The molecule has 7 rings (SSSR count). The monoisotopic (exact) mass is 1200 g/mol. The number of hydrogen-bond donors (Lipinski definition) is 4. The molecule has 0 aromatic heterocycles. The van der Waals surface area contributed by atoms with Crippen molar-refractivity contribution < 1.29 is 47.6 Å². The molecule has 6 aromatic rings. The van der Waals surface area contributed by atoms with Gasteiger partial charge in [-0.2, -0.15) is 0 Å². The molecule has 6 aromatic carbocycles. The summed E-state index contributed by atoms with van der Waals surface area (Å²) in [4.78, 5) is 56.7. The van der Waals surface area contributed by atoms with Crippen LogP contribution in [0.5, 0.6) is 23.0 Å². The van der Waals surface area contributed by atoms with Crippen LogP contribution in [-0.2, 0) is 35.2 Å². The first kappa shape index (κ1) is 67.5. The number of aryl methyl sites for hydroxylation is 2. The zero-order chi connectivity index (χ0) is 63.4. The molecule has 88 heavy (non-hydrogen) atoms. The van der Waals surface area contributed by atoms with Crippen LogP contribution < -0.4 is 40.2 Å². The standard InChI is InChI=1S/C74H96N4O10/c1-13-17-21-33-83-65-53-37-54-42-62(76-70(80)52-31-27-50(6)28-32-52)44-56(66(54)84-34-22-18-14-2)39-58-46-64(78-72(82)88-74(10,11)12)48-60(68(58)86-36-24-20-16-4)40-59-47-63(77-71(81)87-73(7,8)9)45-57(67(59)85-35-23-19-15-3)38-55(65)43-61(41-53)75-69(79)51-29-25-49(5)26-30-51/h25-32,41-48H,13-24,33-40H2,1-12H3,(H,75,79)(H,76,80)(H,77,81)(H,78,82). The van der Waals surface area contributed by atoms with Gasteiger partial charge in [0.15, 0.2) is 0 Å². The van der Waals surface area contributed by atoms with Gasteiger partial charge in [0.2, 0.25) is 0 Å². The molecule has 0 unspecified atom stereocenters. The van der Waals surface area contributed by atoms with E-state index in [1.165, 1.54) is 0 Å². The van der Waals surface area contributed by atoms with Crippen LogP contribution in [0.3, 0.4) is 0 Å². The van der Waals surface area contributed by atoms with E-state index in [-0.39, 0.29) is 37.5 Å². The topological polar surface area (TPSA) is 172 Å². The molecule has 14 heteroatoms. The molecule has 8 bridgehead atoms. The molecule has 1 aliphatic rings. The minimum absolute atomic E-state index is 0.219. The predicted octanol–water partition coefficient (Wildman–Crippen LogP) is 18.5. The number of unbranched alkanes of at least 4 members (excludes halogenated alkanes) is 8. The van der Waals surface area contributed by atoms with Crippen LogP contribution in [0.1, 0.15) is 223 Å². The van der Waals surface area contributed by atoms with Crippen LogP contribution >= 0.6 is 0 Å². The van der Waals surface area contributed by atoms with Crippen LogP contribution in [0.4, 0.5) is 32.3 Å². The largest absolute Gasteiger partial charge is 0.493 e. The Balaban J connectivity index is 1.61. The van der Waals surface area contributed by atoms with Crippen molar-refractivity contribution in [3.05, 3.63) is 164 Å². The van der Waals surface area contributed by atoms with Crippen LogP contribution in [0.2, 0.25) is 0 Å². The Morgan fingerprint density at radius 2 is 0.580 bits per heavy atom. The van der Waals surface area contributed by atoms with Crippen molar-refractivity contribution in [2.45, 2.75) is 197 Å².